The van der Waals surface area contributed by atoms with Crippen molar-refractivity contribution in [3.05, 3.63) is 23.2 Å². The maximum Gasteiger partial charge on any atom is 0.410 e. The molecular formula is C25H26F3N5O4S. The van der Waals surface area contributed by atoms with Crippen molar-refractivity contribution in [1.29, 1.82) is 5.26 Å². The lowest BCUT2D eigenvalue weighted by Gasteiger charge is -2.40. The van der Waals surface area contributed by atoms with Crippen LogP contribution in [0.15, 0.2) is 22.1 Å². The van der Waals surface area contributed by atoms with Gasteiger partial charge in [0.25, 0.3) is 6.01 Å². The van der Waals surface area contributed by atoms with E-state index in [0.29, 0.717) is 23.7 Å². The molecule has 2 aromatic heterocycles. The summed E-state index contributed by atoms with van der Waals surface area (Å²) in [7, 11) is 0. The molecule has 3 aromatic rings. The van der Waals surface area contributed by atoms with Gasteiger partial charge in [-0.3, -0.25) is 4.90 Å². The predicted molar refractivity (Wildman–Crippen MR) is 133 cm³/mol. The molecule has 202 valence electrons. The molecule has 2 aliphatic heterocycles. The van der Waals surface area contributed by atoms with Gasteiger partial charge in [0.15, 0.2) is 12.2 Å². The van der Waals surface area contributed by atoms with Gasteiger partial charge in [0.2, 0.25) is 0 Å². The molecule has 2 fully saturated rings. The van der Waals surface area contributed by atoms with Gasteiger partial charge in [-0.2, -0.15) is 23.4 Å². The van der Waals surface area contributed by atoms with E-state index in [1.807, 2.05) is 25.7 Å². The molecule has 2 aliphatic rings. The monoisotopic (exact) mass is 549 g/mol. The van der Waals surface area contributed by atoms with Crippen molar-refractivity contribution in [2.75, 3.05) is 24.6 Å². The Hall–Kier alpha value is -3.53. The minimum absolute atomic E-state index is 0.0138. The van der Waals surface area contributed by atoms with E-state index in [0.717, 1.165) is 12.8 Å². The first-order valence-electron chi connectivity index (χ1n) is 12.1. The second-order valence-electron chi connectivity index (χ2n) is 10.3. The lowest BCUT2D eigenvalue weighted by atomic mass is 10.0. The van der Waals surface area contributed by atoms with Gasteiger partial charge in [0.05, 0.1) is 24.1 Å². The summed E-state index contributed by atoms with van der Waals surface area (Å²) >= 11 is 1.29. The smallest absolute Gasteiger partial charge is 0.410 e. The van der Waals surface area contributed by atoms with E-state index in [1.165, 1.54) is 17.4 Å². The average Bonchev–Trinajstić information content (AvgIpc) is 3.55. The maximum atomic E-state index is 13.6. The molecule has 0 radical (unpaired) electrons. The number of carbonyl (C=O) groups excluding carboxylic acids is 1. The molecule has 0 N–H and O–H groups in total. The number of anilines is 1. The third-order valence-corrected chi connectivity index (χ3v) is 7.21. The molecule has 0 saturated carbocycles. The fourth-order valence-corrected chi connectivity index (χ4v) is 5.68. The van der Waals surface area contributed by atoms with E-state index >= 15 is 0 Å². The number of ether oxygens (including phenoxy) is 2. The number of piperazine rings is 1. The Labute approximate surface area is 220 Å². The van der Waals surface area contributed by atoms with Crippen LogP contribution < -0.4 is 9.64 Å². The number of nitrogens with zero attached hydrogens (tertiary/aromatic N) is 5. The van der Waals surface area contributed by atoms with E-state index in [-0.39, 0.29) is 46.6 Å². The van der Waals surface area contributed by atoms with Gasteiger partial charge in [-0.25, -0.2) is 9.78 Å². The second-order valence-corrected chi connectivity index (χ2v) is 11.2. The van der Waals surface area contributed by atoms with Crippen LogP contribution in [0.1, 0.15) is 39.2 Å². The molecule has 1 aromatic carbocycles. The summed E-state index contributed by atoms with van der Waals surface area (Å²) in [5.41, 5.74) is -0.211. The van der Waals surface area contributed by atoms with Crippen molar-refractivity contribution in [3.8, 4) is 22.4 Å². The lowest BCUT2D eigenvalue weighted by molar-refractivity contribution is -0.127. The Bertz CT molecular complexity index is 1360. The highest BCUT2D eigenvalue weighted by molar-refractivity contribution is 7.13. The summed E-state index contributed by atoms with van der Waals surface area (Å²) in [6.45, 7) is 5.83. The summed E-state index contributed by atoms with van der Waals surface area (Å²) in [6, 6.07) is 3.12. The maximum absolute atomic E-state index is 13.6. The Morgan fingerprint density at radius 3 is 2.55 bits per heavy atom. The molecule has 2 bridgehead atoms. The molecule has 2 unspecified atom stereocenters. The molecular weight excluding hydrogens is 523 g/mol. The summed E-state index contributed by atoms with van der Waals surface area (Å²) < 4.78 is 58.0. The number of hydrogen-bond acceptors (Lipinski definition) is 9. The largest absolute Gasteiger partial charge is 0.478 e. The summed E-state index contributed by atoms with van der Waals surface area (Å²) in [5, 5.41) is 11.2. The topological polar surface area (TPSA) is 105 Å². The fraction of sp³-hybridized carbons (Fsp3) is 0.520. The number of fused-ring (bicyclic) bond motifs is 3. The second kappa shape index (κ2) is 9.65. The van der Waals surface area contributed by atoms with Gasteiger partial charge in [-0.15, -0.1) is 11.3 Å². The minimum Gasteiger partial charge on any atom is -0.478 e. The summed E-state index contributed by atoms with van der Waals surface area (Å²) in [6.07, 6.45) is -3.09. The standard InChI is InChI=1S/C25H26F3N5O4S/c1-24(2,3)37-23(34)33-14-4-5-15(33)13-32(12-14)22-31-19-17(11-25(26,27)28)18(35-8-6-29)10-16(20(19)36-22)21-30-7-9-38-21/h7,9-10,14-15H,4-5,8,11-13H2,1-3H3. The number of benzene rings is 1. The van der Waals surface area contributed by atoms with Gasteiger partial charge in [0.1, 0.15) is 27.9 Å². The number of thiazole rings is 1. The Kier molecular flexibility index (Phi) is 6.63. The van der Waals surface area contributed by atoms with E-state index in [1.54, 1.807) is 22.5 Å². The number of hydrogen-bond donors (Lipinski definition) is 0. The van der Waals surface area contributed by atoms with Gasteiger partial charge in [-0.1, -0.05) is 0 Å². The zero-order chi connectivity index (χ0) is 27.2. The lowest BCUT2D eigenvalue weighted by Crippen LogP contribution is -2.56. The predicted octanol–water partition coefficient (Wildman–Crippen LogP) is 5.55. The number of halogens is 3. The fourth-order valence-electron chi connectivity index (χ4n) is 5.03. The van der Waals surface area contributed by atoms with Gasteiger partial charge in [0, 0.05) is 30.2 Å². The zero-order valence-electron chi connectivity index (χ0n) is 21.0. The Morgan fingerprint density at radius 2 is 1.97 bits per heavy atom. The molecule has 9 nitrogen and oxygen atoms in total. The first-order valence-corrected chi connectivity index (χ1v) is 13.0. The quantitative estimate of drug-likeness (QED) is 0.408. The van der Waals surface area contributed by atoms with Gasteiger partial charge < -0.3 is 18.8 Å². The van der Waals surface area contributed by atoms with Crippen LogP contribution >= 0.6 is 11.3 Å². The third kappa shape index (κ3) is 5.22. The Balaban J connectivity index is 1.54. The molecule has 1 amide bonds. The van der Waals surface area contributed by atoms with Crippen LogP contribution in [0.4, 0.5) is 24.0 Å². The molecule has 5 rings (SSSR count). The van der Waals surface area contributed by atoms with E-state index in [4.69, 9.17) is 19.2 Å². The summed E-state index contributed by atoms with van der Waals surface area (Å²) in [4.78, 5) is 25.3. The number of oxazole rings is 1. The van der Waals surface area contributed by atoms with Gasteiger partial charge in [-0.05, 0) is 39.7 Å². The van der Waals surface area contributed by atoms with E-state index in [9.17, 15) is 18.0 Å². The van der Waals surface area contributed by atoms with Gasteiger partial charge >= 0.3 is 12.3 Å². The first kappa shape index (κ1) is 26.1. The van der Waals surface area contributed by atoms with Crippen molar-refractivity contribution in [2.24, 2.45) is 0 Å². The molecule has 0 spiro atoms. The van der Waals surface area contributed by atoms with Crippen LogP contribution in [0.25, 0.3) is 21.7 Å². The van der Waals surface area contributed by atoms with Crippen LogP contribution in [0.5, 0.6) is 5.75 Å². The number of rotatable bonds is 5. The van der Waals surface area contributed by atoms with Crippen molar-refractivity contribution < 1.29 is 31.9 Å². The third-order valence-electron chi connectivity index (χ3n) is 6.41. The average molecular weight is 550 g/mol. The molecule has 2 saturated heterocycles. The van der Waals surface area contributed by atoms with Crippen molar-refractivity contribution >= 4 is 34.5 Å². The number of carbonyl (C=O) groups is 1. The normalized spacial score (nSPS) is 19.6. The molecule has 13 heteroatoms. The molecule has 0 aliphatic carbocycles. The first-order chi connectivity index (χ1) is 17.9. The number of alkyl halides is 3. The molecule has 2 atom stereocenters. The highest BCUT2D eigenvalue weighted by atomic mass is 32.1. The van der Waals surface area contributed by atoms with E-state index < -0.39 is 24.8 Å². The highest BCUT2D eigenvalue weighted by Crippen LogP contribution is 2.43. The molecule has 4 heterocycles. The van der Waals surface area contributed by atoms with E-state index in [2.05, 4.69) is 9.97 Å². The summed E-state index contributed by atoms with van der Waals surface area (Å²) in [5.74, 6) is -0.0868. The van der Waals surface area contributed by atoms with Crippen molar-refractivity contribution in [2.45, 2.75) is 63.9 Å². The van der Waals surface area contributed by atoms with Crippen molar-refractivity contribution in [3.63, 3.8) is 0 Å². The highest BCUT2D eigenvalue weighted by Gasteiger charge is 2.45. The van der Waals surface area contributed by atoms with Crippen LogP contribution in [-0.2, 0) is 11.2 Å². The SMILES string of the molecule is CC(C)(C)OC(=O)N1C2CCC1CN(c1nc3c(CC(F)(F)F)c(OCC#N)cc(-c4nccs4)c3o1)C2. The van der Waals surface area contributed by atoms with Crippen LogP contribution in [-0.4, -0.2) is 64.5 Å². The minimum atomic E-state index is -4.54. The zero-order valence-corrected chi connectivity index (χ0v) is 21.9. The molecule has 38 heavy (non-hydrogen) atoms. The Morgan fingerprint density at radius 1 is 1.26 bits per heavy atom. The number of aromatic nitrogens is 2. The van der Waals surface area contributed by atoms with Crippen LogP contribution in [0.3, 0.4) is 0 Å². The van der Waals surface area contributed by atoms with Crippen LogP contribution in [0.2, 0.25) is 0 Å². The van der Waals surface area contributed by atoms with Crippen molar-refractivity contribution in [1.82, 2.24) is 14.9 Å². The van der Waals surface area contributed by atoms with Crippen LogP contribution in [0, 0.1) is 11.3 Å². The number of amides is 1. The number of nitriles is 1.